The van der Waals surface area contributed by atoms with Gasteiger partial charge in [-0.3, -0.25) is 0 Å². The Kier molecular flexibility index (Phi) is 12.5. The number of rotatable bonds is 8. The fraction of sp³-hybridized carbons (Fsp3) is 0.119. The summed E-state index contributed by atoms with van der Waals surface area (Å²) in [5, 5.41) is 10.2. The predicted molar refractivity (Wildman–Crippen MR) is 370 cm³/mol. The maximum Gasteiger partial charge on any atom is 0.0541 e. The number of benzene rings is 13. The molecule has 0 bridgehead atoms. The maximum atomic E-state index is 2.41. The fourth-order valence-corrected chi connectivity index (χ4v) is 13.5. The largest absolute Gasteiger partial charge is 0.309 e. The average Bonchev–Trinajstić information content (AvgIpc) is 1.32. The van der Waals surface area contributed by atoms with E-state index in [0.717, 1.165) is 0 Å². The highest BCUT2D eigenvalue weighted by molar-refractivity contribution is 6.22. The molecule has 0 N–H and O–H groups in total. The minimum atomic E-state index is 0.0446. The second-order valence-corrected chi connectivity index (χ2v) is 25.9. The molecule has 0 atom stereocenters. The van der Waals surface area contributed by atoms with Crippen molar-refractivity contribution in [2.75, 3.05) is 0 Å². The molecule has 13 aromatic carbocycles. The molecule has 0 aliphatic heterocycles. The molecule has 15 rings (SSSR count). The van der Waals surface area contributed by atoms with Gasteiger partial charge in [-0.1, -0.05) is 247 Å². The molecule has 86 heavy (non-hydrogen) atoms. The molecule has 0 fully saturated rings. The Bertz CT molecular complexity index is 4790. The molecule has 0 spiro atoms. The number of nitrogens with zero attached hydrogens (tertiary/aromatic N) is 2. The monoisotopic (exact) mass is 1100 g/mol. The van der Waals surface area contributed by atoms with Gasteiger partial charge in [0.1, 0.15) is 0 Å². The fourth-order valence-electron chi connectivity index (χ4n) is 13.5. The van der Waals surface area contributed by atoms with Crippen molar-refractivity contribution in [1.82, 2.24) is 9.13 Å². The van der Waals surface area contributed by atoms with E-state index in [-0.39, 0.29) is 10.8 Å². The number of hydrogen-bond donors (Lipinski definition) is 0. The number of aryl methyl sites for hydroxylation is 2. The number of fused-ring (bicyclic) bond motifs is 8. The van der Waals surface area contributed by atoms with Crippen LogP contribution in [0.1, 0.15) is 63.8 Å². The molecule has 0 aliphatic rings. The number of hydrogen-bond acceptors (Lipinski definition) is 0. The van der Waals surface area contributed by atoms with Crippen molar-refractivity contribution in [2.45, 2.75) is 66.2 Å². The van der Waals surface area contributed by atoms with Crippen molar-refractivity contribution in [3.05, 3.63) is 289 Å². The van der Waals surface area contributed by atoms with Crippen LogP contribution in [0.2, 0.25) is 0 Å². The SMILES string of the molecule is Cc1ccc2c(-c3ccc(-c4ccc(-c5ccc6c(c5)c5cc(C(C)(C)C)ccc5n6-c5ccccc5)cc4)cc3)c3cc(C)ccc3c(-c3ccc(-c4ccc(-c5ccc6c(c5)c5cc(C(C)(C)C)ccc5n6-c5ccccc5)cc4)cc3)c2c1. The van der Waals surface area contributed by atoms with Gasteiger partial charge in [-0.2, -0.15) is 0 Å². The van der Waals surface area contributed by atoms with Gasteiger partial charge in [-0.25, -0.2) is 0 Å². The summed E-state index contributed by atoms with van der Waals surface area (Å²) in [6.07, 6.45) is 0. The minimum absolute atomic E-state index is 0.0446. The van der Waals surface area contributed by atoms with Crippen molar-refractivity contribution in [1.29, 1.82) is 0 Å². The molecule has 0 saturated heterocycles. The van der Waals surface area contributed by atoms with E-state index in [2.05, 4.69) is 331 Å². The topological polar surface area (TPSA) is 9.86 Å². The molecular weight excluding hydrogens is 1040 g/mol. The molecule has 0 unspecified atom stereocenters. The van der Waals surface area contributed by atoms with E-state index in [9.17, 15) is 0 Å². The second-order valence-electron chi connectivity index (χ2n) is 25.9. The van der Waals surface area contributed by atoms with Crippen molar-refractivity contribution >= 4 is 65.2 Å². The summed E-state index contributed by atoms with van der Waals surface area (Å²) in [5.74, 6) is 0. The first-order valence-corrected chi connectivity index (χ1v) is 30.4. The number of para-hydroxylation sites is 2. The van der Waals surface area contributed by atoms with E-state index in [1.807, 2.05) is 0 Å². The summed E-state index contributed by atoms with van der Waals surface area (Å²) >= 11 is 0. The van der Waals surface area contributed by atoms with Gasteiger partial charge < -0.3 is 9.13 Å². The Hall–Kier alpha value is -10.0. The van der Waals surface area contributed by atoms with Crippen molar-refractivity contribution in [3.8, 4) is 78.1 Å². The quantitative estimate of drug-likeness (QED) is 0.134. The summed E-state index contributed by atoms with van der Waals surface area (Å²) in [6.45, 7) is 18.2. The normalized spacial score (nSPS) is 12.2. The van der Waals surface area contributed by atoms with Crippen LogP contribution < -0.4 is 0 Å². The van der Waals surface area contributed by atoms with Gasteiger partial charge >= 0.3 is 0 Å². The predicted octanol–water partition coefficient (Wildman–Crippen LogP) is 23.4. The smallest absolute Gasteiger partial charge is 0.0541 e. The average molecular weight is 1110 g/mol. The van der Waals surface area contributed by atoms with Crippen LogP contribution in [0.15, 0.2) is 267 Å². The van der Waals surface area contributed by atoms with Crippen LogP contribution in [-0.4, -0.2) is 9.13 Å². The zero-order valence-electron chi connectivity index (χ0n) is 50.3. The van der Waals surface area contributed by atoms with E-state index in [1.54, 1.807) is 0 Å². The second kappa shape index (κ2) is 20.4. The zero-order chi connectivity index (χ0) is 58.6. The van der Waals surface area contributed by atoms with Gasteiger partial charge in [0.2, 0.25) is 0 Å². The standard InChI is InChI=1S/C84H68N2/c1-53-19-41-69-75(47-53)81(61-33-29-57(30-34-61)55-21-25-59(26-22-55)63-37-43-77-71(49-63)73-51-65(83(3,4)5)39-45-79(73)85(77)67-15-11-9-12-16-67)70-42-20-54(2)48-76(70)82(69)62-35-31-58(32-36-62)56-23-27-60(28-24-56)64-38-44-78-72(50-64)74-52-66(84(6,7)8)40-46-80(74)86(78)68-17-13-10-14-18-68/h9-52H,1-8H3. The molecule has 0 saturated carbocycles. The van der Waals surface area contributed by atoms with Crippen molar-refractivity contribution in [3.63, 3.8) is 0 Å². The lowest BCUT2D eigenvalue weighted by atomic mass is 9.84. The lowest BCUT2D eigenvalue weighted by Gasteiger charge is -2.19. The van der Waals surface area contributed by atoms with Crippen LogP contribution in [0.3, 0.4) is 0 Å². The van der Waals surface area contributed by atoms with Crippen molar-refractivity contribution in [2.24, 2.45) is 0 Å². The Morgan fingerprint density at radius 3 is 0.826 bits per heavy atom. The van der Waals surface area contributed by atoms with E-state index in [4.69, 9.17) is 0 Å². The summed E-state index contributed by atoms with van der Waals surface area (Å²) < 4.78 is 4.81. The van der Waals surface area contributed by atoms with Crippen LogP contribution in [-0.2, 0) is 10.8 Å². The van der Waals surface area contributed by atoms with Crippen molar-refractivity contribution < 1.29 is 0 Å². The molecule has 2 nitrogen and oxygen atoms in total. The molecule has 2 heteroatoms. The van der Waals surface area contributed by atoms with Gasteiger partial charge in [-0.05, 0) is 197 Å². The third-order valence-electron chi connectivity index (χ3n) is 18.2. The summed E-state index contributed by atoms with van der Waals surface area (Å²) in [4.78, 5) is 0. The Morgan fingerprint density at radius 2 is 0.500 bits per heavy atom. The Morgan fingerprint density at radius 1 is 0.221 bits per heavy atom. The third kappa shape index (κ3) is 9.11. The minimum Gasteiger partial charge on any atom is -0.309 e. The molecular formula is C84H68N2. The van der Waals surface area contributed by atoms with Crippen LogP contribution in [0.25, 0.3) is 143 Å². The zero-order valence-corrected chi connectivity index (χ0v) is 50.3. The van der Waals surface area contributed by atoms with Gasteiger partial charge in [0.15, 0.2) is 0 Å². The first-order valence-electron chi connectivity index (χ1n) is 30.4. The molecule has 0 aliphatic carbocycles. The highest BCUT2D eigenvalue weighted by Gasteiger charge is 2.22. The summed E-state index contributed by atoms with van der Waals surface area (Å²) in [6, 6.07) is 100. The third-order valence-corrected chi connectivity index (χ3v) is 18.2. The van der Waals surface area contributed by atoms with E-state index in [0.29, 0.717) is 0 Å². The highest BCUT2D eigenvalue weighted by Crippen LogP contribution is 2.46. The van der Waals surface area contributed by atoms with E-state index < -0.39 is 0 Å². The van der Waals surface area contributed by atoms with Crippen LogP contribution >= 0.6 is 0 Å². The molecule has 414 valence electrons. The first-order chi connectivity index (χ1) is 41.7. The summed E-state index contributed by atoms with van der Waals surface area (Å²) in [5.41, 5.74) is 27.1. The van der Waals surface area contributed by atoms with E-state index >= 15 is 0 Å². The van der Waals surface area contributed by atoms with Gasteiger partial charge in [0.05, 0.1) is 22.1 Å². The number of aromatic nitrogens is 2. The Balaban J connectivity index is 0.733. The van der Waals surface area contributed by atoms with Gasteiger partial charge in [0.25, 0.3) is 0 Å². The van der Waals surface area contributed by atoms with E-state index in [1.165, 1.54) is 166 Å². The van der Waals surface area contributed by atoms with Crippen LogP contribution in [0, 0.1) is 13.8 Å². The highest BCUT2D eigenvalue weighted by atomic mass is 15.0. The van der Waals surface area contributed by atoms with Crippen LogP contribution in [0.5, 0.6) is 0 Å². The maximum absolute atomic E-state index is 2.41. The first kappa shape index (κ1) is 52.8. The van der Waals surface area contributed by atoms with Gasteiger partial charge in [-0.15, -0.1) is 0 Å². The molecule has 0 amide bonds. The molecule has 2 aromatic heterocycles. The molecule has 15 aromatic rings. The van der Waals surface area contributed by atoms with Gasteiger partial charge in [0, 0.05) is 32.9 Å². The lowest BCUT2D eigenvalue weighted by molar-refractivity contribution is 0.591. The molecule has 0 radical (unpaired) electrons. The summed E-state index contributed by atoms with van der Waals surface area (Å²) in [7, 11) is 0. The van der Waals surface area contributed by atoms with Crippen LogP contribution in [0.4, 0.5) is 0 Å². The lowest BCUT2D eigenvalue weighted by Crippen LogP contribution is -2.10. The Labute approximate surface area is 504 Å². The molecule has 2 heterocycles.